The molecular weight excluding hydrogens is 500 g/mol. The zero-order chi connectivity index (χ0) is 20.5. The first-order chi connectivity index (χ1) is 14.2. The standard InChI is InChI=1S/C21H30FN5O2.HI/c1-3-18(29-20-8-6-5-7-19(20)22)15-24-21(23-4-2)27-12-10-26(11-13-27)16-17-9-14-28-25-17;/h5-9,14,18H,3-4,10-13,15-16H2,1-2H3,(H,23,24);1H. The van der Waals surface area contributed by atoms with Gasteiger partial charge in [-0.15, -0.1) is 24.0 Å². The summed E-state index contributed by atoms with van der Waals surface area (Å²) in [5, 5.41) is 7.35. The summed E-state index contributed by atoms with van der Waals surface area (Å²) in [7, 11) is 0. The maximum absolute atomic E-state index is 13.9. The van der Waals surface area contributed by atoms with E-state index in [2.05, 4.69) is 27.2 Å². The summed E-state index contributed by atoms with van der Waals surface area (Å²) in [6.45, 7) is 9.78. The molecule has 3 rings (SSSR count). The van der Waals surface area contributed by atoms with Gasteiger partial charge in [0.1, 0.15) is 12.4 Å². The molecule has 9 heteroatoms. The predicted molar refractivity (Wildman–Crippen MR) is 126 cm³/mol. The van der Waals surface area contributed by atoms with Gasteiger partial charge < -0.3 is 19.5 Å². The van der Waals surface area contributed by atoms with Crippen molar-refractivity contribution in [2.24, 2.45) is 4.99 Å². The minimum Gasteiger partial charge on any atom is -0.485 e. The first-order valence-corrected chi connectivity index (χ1v) is 10.3. The highest BCUT2D eigenvalue weighted by molar-refractivity contribution is 14.0. The Labute approximate surface area is 194 Å². The van der Waals surface area contributed by atoms with E-state index in [1.165, 1.54) is 6.07 Å². The molecule has 1 aliphatic heterocycles. The first-order valence-electron chi connectivity index (χ1n) is 10.3. The molecule has 0 bridgehead atoms. The Morgan fingerprint density at radius 3 is 2.63 bits per heavy atom. The highest BCUT2D eigenvalue weighted by atomic mass is 127. The van der Waals surface area contributed by atoms with Gasteiger partial charge in [-0.2, -0.15) is 0 Å². The van der Waals surface area contributed by atoms with Gasteiger partial charge in [0.15, 0.2) is 17.5 Å². The molecule has 0 spiro atoms. The van der Waals surface area contributed by atoms with Gasteiger partial charge in [0, 0.05) is 45.3 Å². The maximum Gasteiger partial charge on any atom is 0.194 e. The van der Waals surface area contributed by atoms with Crippen molar-refractivity contribution in [3.8, 4) is 5.75 Å². The summed E-state index contributed by atoms with van der Waals surface area (Å²) < 4.78 is 24.6. The summed E-state index contributed by atoms with van der Waals surface area (Å²) in [6.07, 6.45) is 2.19. The summed E-state index contributed by atoms with van der Waals surface area (Å²) in [5.74, 6) is 0.815. The lowest BCUT2D eigenvalue weighted by molar-refractivity contribution is 0.167. The van der Waals surface area contributed by atoms with Crippen molar-refractivity contribution in [2.75, 3.05) is 39.3 Å². The van der Waals surface area contributed by atoms with Gasteiger partial charge in [0.2, 0.25) is 0 Å². The second kappa shape index (κ2) is 12.7. The minimum atomic E-state index is -0.343. The van der Waals surface area contributed by atoms with E-state index in [9.17, 15) is 4.39 Å². The molecule has 1 aromatic heterocycles. The topological polar surface area (TPSA) is 66.1 Å². The molecule has 1 saturated heterocycles. The third-order valence-corrected chi connectivity index (χ3v) is 4.91. The Morgan fingerprint density at radius 1 is 1.23 bits per heavy atom. The fraction of sp³-hybridized carbons (Fsp3) is 0.524. The van der Waals surface area contributed by atoms with Crippen LogP contribution in [0.15, 0.2) is 46.1 Å². The summed E-state index contributed by atoms with van der Waals surface area (Å²) >= 11 is 0. The Bertz CT molecular complexity index is 767. The van der Waals surface area contributed by atoms with Crippen LogP contribution < -0.4 is 10.1 Å². The van der Waals surface area contributed by atoms with Crippen LogP contribution in [0.25, 0.3) is 0 Å². The van der Waals surface area contributed by atoms with Crippen molar-refractivity contribution in [2.45, 2.75) is 32.9 Å². The Balaban J connectivity index is 0.00000320. The molecule has 0 aliphatic carbocycles. The van der Waals surface area contributed by atoms with E-state index in [0.29, 0.717) is 6.54 Å². The molecule has 1 aromatic carbocycles. The number of para-hydroxylation sites is 1. The molecule has 30 heavy (non-hydrogen) atoms. The van der Waals surface area contributed by atoms with Gasteiger partial charge in [0.05, 0.1) is 12.2 Å². The number of nitrogens with zero attached hydrogens (tertiary/aromatic N) is 4. The minimum absolute atomic E-state index is 0. The first kappa shape index (κ1) is 24.4. The van der Waals surface area contributed by atoms with E-state index in [1.54, 1.807) is 24.5 Å². The molecule has 1 unspecified atom stereocenters. The number of hydrogen-bond acceptors (Lipinski definition) is 5. The van der Waals surface area contributed by atoms with Crippen LogP contribution in [-0.2, 0) is 6.54 Å². The normalized spacial score (nSPS) is 16.1. The van der Waals surface area contributed by atoms with E-state index in [1.807, 2.05) is 13.0 Å². The van der Waals surface area contributed by atoms with Crippen LogP contribution >= 0.6 is 24.0 Å². The van der Waals surface area contributed by atoms with E-state index >= 15 is 0 Å². The summed E-state index contributed by atoms with van der Waals surface area (Å²) in [4.78, 5) is 9.39. The molecule has 1 aliphatic rings. The van der Waals surface area contributed by atoms with E-state index in [-0.39, 0.29) is 41.6 Å². The second-order valence-electron chi connectivity index (χ2n) is 7.03. The van der Waals surface area contributed by atoms with Crippen LogP contribution in [0.4, 0.5) is 4.39 Å². The van der Waals surface area contributed by atoms with Gasteiger partial charge in [0.25, 0.3) is 0 Å². The van der Waals surface area contributed by atoms with Gasteiger partial charge in [-0.1, -0.05) is 24.2 Å². The van der Waals surface area contributed by atoms with Gasteiger partial charge >= 0.3 is 0 Å². The molecule has 1 fully saturated rings. The summed E-state index contributed by atoms with van der Waals surface area (Å²) in [6, 6.07) is 8.40. The predicted octanol–water partition coefficient (Wildman–Crippen LogP) is 3.37. The van der Waals surface area contributed by atoms with Crippen LogP contribution in [0.1, 0.15) is 26.0 Å². The van der Waals surface area contributed by atoms with Crippen LogP contribution in [0.5, 0.6) is 5.75 Å². The lowest BCUT2D eigenvalue weighted by Gasteiger charge is -2.36. The lowest BCUT2D eigenvalue weighted by atomic mass is 10.2. The number of nitrogens with one attached hydrogen (secondary N) is 1. The quantitative estimate of drug-likeness (QED) is 0.320. The van der Waals surface area contributed by atoms with Crippen molar-refractivity contribution in [3.63, 3.8) is 0 Å². The van der Waals surface area contributed by atoms with Crippen LogP contribution in [0.3, 0.4) is 0 Å². The number of ether oxygens (including phenoxy) is 1. The molecule has 0 amide bonds. The van der Waals surface area contributed by atoms with Crippen molar-refractivity contribution < 1.29 is 13.7 Å². The highest BCUT2D eigenvalue weighted by Gasteiger charge is 2.21. The average molecular weight is 531 g/mol. The van der Waals surface area contributed by atoms with Crippen molar-refractivity contribution in [1.82, 2.24) is 20.3 Å². The second-order valence-corrected chi connectivity index (χ2v) is 7.03. The lowest BCUT2D eigenvalue weighted by Crippen LogP contribution is -2.52. The Morgan fingerprint density at radius 2 is 2.00 bits per heavy atom. The van der Waals surface area contributed by atoms with E-state index in [4.69, 9.17) is 14.3 Å². The van der Waals surface area contributed by atoms with Crippen molar-refractivity contribution >= 4 is 29.9 Å². The SMILES string of the molecule is CCNC(=NCC(CC)Oc1ccccc1F)N1CCN(Cc2ccon2)CC1.I. The Kier molecular flexibility index (Phi) is 10.4. The molecule has 1 N–H and O–H groups in total. The van der Waals surface area contributed by atoms with Gasteiger partial charge in [-0.25, -0.2) is 9.38 Å². The van der Waals surface area contributed by atoms with Crippen LogP contribution in [0.2, 0.25) is 0 Å². The van der Waals surface area contributed by atoms with Crippen LogP contribution in [-0.4, -0.2) is 66.3 Å². The van der Waals surface area contributed by atoms with E-state index < -0.39 is 0 Å². The smallest absolute Gasteiger partial charge is 0.194 e. The molecule has 166 valence electrons. The van der Waals surface area contributed by atoms with Crippen molar-refractivity contribution in [3.05, 3.63) is 48.1 Å². The number of piperazine rings is 1. The highest BCUT2D eigenvalue weighted by Crippen LogP contribution is 2.18. The van der Waals surface area contributed by atoms with Gasteiger partial charge in [-0.05, 0) is 25.5 Å². The third-order valence-electron chi connectivity index (χ3n) is 4.91. The molecule has 0 radical (unpaired) electrons. The average Bonchev–Trinajstić information content (AvgIpc) is 3.25. The molecular formula is C21H31FIN5O2. The monoisotopic (exact) mass is 531 g/mol. The van der Waals surface area contributed by atoms with Crippen molar-refractivity contribution in [1.29, 1.82) is 0 Å². The van der Waals surface area contributed by atoms with Gasteiger partial charge in [-0.3, -0.25) is 4.90 Å². The molecule has 7 nitrogen and oxygen atoms in total. The molecule has 1 atom stereocenters. The Hall–Kier alpha value is -1.88. The van der Waals surface area contributed by atoms with Crippen LogP contribution in [0, 0.1) is 5.82 Å². The number of guanidine groups is 1. The number of hydrogen-bond donors (Lipinski definition) is 1. The molecule has 2 heterocycles. The zero-order valence-electron chi connectivity index (χ0n) is 17.6. The summed E-state index contributed by atoms with van der Waals surface area (Å²) in [5.41, 5.74) is 0.954. The number of aliphatic imine (C=N–C) groups is 1. The zero-order valence-corrected chi connectivity index (χ0v) is 19.9. The fourth-order valence-electron chi connectivity index (χ4n) is 3.25. The number of halogens is 2. The largest absolute Gasteiger partial charge is 0.485 e. The fourth-order valence-corrected chi connectivity index (χ4v) is 3.25. The molecule has 0 saturated carbocycles. The molecule has 2 aromatic rings. The number of benzene rings is 1. The maximum atomic E-state index is 13.9. The third kappa shape index (κ3) is 7.12. The van der Waals surface area contributed by atoms with E-state index in [0.717, 1.165) is 57.3 Å². The number of rotatable bonds is 8. The number of aromatic nitrogens is 1.